The van der Waals surface area contributed by atoms with Crippen molar-refractivity contribution in [2.24, 2.45) is 0 Å². The molecule has 0 radical (unpaired) electrons. The third kappa shape index (κ3) is 1.65. The fourth-order valence-electron chi connectivity index (χ4n) is 0.785. The first-order valence-electron chi connectivity index (χ1n) is 3.24. The highest BCUT2D eigenvalue weighted by Gasteiger charge is 2.10. The Bertz CT molecular complexity index is 319. The predicted molar refractivity (Wildman–Crippen MR) is 44.3 cm³/mol. The van der Waals surface area contributed by atoms with E-state index in [0.29, 0.717) is 12.1 Å². The Morgan fingerprint density at radius 3 is 3.00 bits per heavy atom. The molecule has 4 nitrogen and oxygen atoms in total. The second-order valence-corrected chi connectivity index (χ2v) is 2.50. The van der Waals surface area contributed by atoms with E-state index in [9.17, 15) is 4.79 Å². The van der Waals surface area contributed by atoms with Crippen LogP contribution in [0.3, 0.4) is 0 Å². The molecule has 0 atom stereocenters. The lowest BCUT2D eigenvalue weighted by Gasteiger charge is -1.90. The number of aromatic carboxylic acids is 1. The molecule has 1 aromatic heterocycles. The minimum absolute atomic E-state index is 0.0538. The lowest BCUT2D eigenvalue weighted by Crippen LogP contribution is -1.97. The summed E-state index contributed by atoms with van der Waals surface area (Å²) in [5.41, 5.74) is 0.561. The summed E-state index contributed by atoms with van der Waals surface area (Å²) in [5.74, 6) is -1.08. The largest absolute Gasteiger partial charge is 0.476 e. The molecule has 1 heterocycles. The molecule has 0 aliphatic rings. The van der Waals surface area contributed by atoms with E-state index in [2.05, 4.69) is 11.7 Å². The van der Waals surface area contributed by atoms with Crippen molar-refractivity contribution in [3.05, 3.63) is 30.1 Å². The normalized spacial score (nSPS) is 9.75. The molecule has 0 spiro atoms. The van der Waals surface area contributed by atoms with Gasteiger partial charge in [0.15, 0.2) is 5.69 Å². The molecule has 1 rings (SSSR count). The van der Waals surface area contributed by atoms with Crippen LogP contribution in [0.1, 0.15) is 16.2 Å². The van der Waals surface area contributed by atoms with Gasteiger partial charge in [-0.25, -0.2) is 4.79 Å². The fraction of sp³-hybridized carbons (Fsp3) is 0.143. The second kappa shape index (κ2) is 3.40. The zero-order chi connectivity index (χ0) is 9.14. The minimum atomic E-state index is -1.08. The summed E-state index contributed by atoms with van der Waals surface area (Å²) < 4.78 is 1.02. The van der Waals surface area contributed by atoms with Gasteiger partial charge in [0.2, 0.25) is 0 Å². The molecule has 0 saturated carbocycles. The number of hydrogen-bond acceptors (Lipinski definition) is 2. The number of halogens is 1. The van der Waals surface area contributed by atoms with Crippen molar-refractivity contribution >= 4 is 17.7 Å². The Balaban J connectivity index is 2.99. The maximum absolute atomic E-state index is 10.4. The van der Waals surface area contributed by atoms with Crippen LogP contribution in [-0.4, -0.2) is 20.4 Å². The van der Waals surface area contributed by atoms with Crippen LogP contribution in [0.25, 0.3) is 0 Å². The molecular formula is C7H7ClN2O2. The van der Waals surface area contributed by atoms with E-state index in [1.807, 2.05) is 0 Å². The topological polar surface area (TPSA) is 55.1 Å². The van der Waals surface area contributed by atoms with Crippen LogP contribution in [0.15, 0.2) is 18.7 Å². The highest BCUT2D eigenvalue weighted by molar-refractivity contribution is 6.15. The Hall–Kier alpha value is -1.29. The van der Waals surface area contributed by atoms with Crippen molar-refractivity contribution in [1.82, 2.24) is 9.30 Å². The molecular weight excluding hydrogens is 180 g/mol. The Morgan fingerprint density at radius 1 is 1.92 bits per heavy atom. The van der Waals surface area contributed by atoms with Crippen LogP contribution in [0, 0.1) is 0 Å². The Kier molecular flexibility index (Phi) is 2.50. The van der Waals surface area contributed by atoms with Crippen LogP contribution >= 0.6 is 11.8 Å². The fourth-order valence-corrected chi connectivity index (χ4v) is 0.985. The molecule has 0 saturated heterocycles. The number of carbonyl (C=O) groups is 1. The highest BCUT2D eigenvalue weighted by atomic mass is 35.5. The van der Waals surface area contributed by atoms with Gasteiger partial charge in [0.1, 0.15) is 0 Å². The standard InChI is InChI=1S/C7H7ClN2O2/c1-2-3-5-4-6(7(11)12)9-10(5)8/h2,4H,1,3H2,(H,11,12). The van der Waals surface area contributed by atoms with E-state index < -0.39 is 5.97 Å². The van der Waals surface area contributed by atoms with Gasteiger partial charge in [0.05, 0.1) is 5.69 Å². The summed E-state index contributed by atoms with van der Waals surface area (Å²) in [6, 6.07) is 1.41. The second-order valence-electron chi connectivity index (χ2n) is 2.18. The number of hydrogen-bond donors (Lipinski definition) is 1. The summed E-state index contributed by atoms with van der Waals surface area (Å²) in [5, 5.41) is 12.1. The quantitative estimate of drug-likeness (QED) is 0.725. The van der Waals surface area contributed by atoms with Crippen LogP contribution in [0.2, 0.25) is 0 Å². The zero-order valence-electron chi connectivity index (χ0n) is 6.20. The molecule has 0 fully saturated rings. The molecule has 12 heavy (non-hydrogen) atoms. The van der Waals surface area contributed by atoms with Crippen LogP contribution in [0.4, 0.5) is 0 Å². The first-order valence-corrected chi connectivity index (χ1v) is 3.58. The van der Waals surface area contributed by atoms with Crippen molar-refractivity contribution in [3.63, 3.8) is 0 Å². The zero-order valence-corrected chi connectivity index (χ0v) is 6.95. The number of carboxylic acid groups (broad SMARTS) is 1. The maximum Gasteiger partial charge on any atom is 0.356 e. The summed E-state index contributed by atoms with van der Waals surface area (Å²) >= 11 is 5.56. The van der Waals surface area contributed by atoms with E-state index in [1.54, 1.807) is 6.08 Å². The van der Waals surface area contributed by atoms with E-state index >= 15 is 0 Å². The molecule has 0 aromatic carbocycles. The average molecular weight is 187 g/mol. The van der Waals surface area contributed by atoms with Gasteiger partial charge >= 0.3 is 5.97 Å². The predicted octanol–water partition coefficient (Wildman–Crippen LogP) is 1.31. The molecule has 0 bridgehead atoms. The van der Waals surface area contributed by atoms with Gasteiger partial charge in [-0.05, 0) is 6.07 Å². The van der Waals surface area contributed by atoms with Gasteiger partial charge in [-0.3, -0.25) is 0 Å². The monoisotopic (exact) mass is 186 g/mol. The number of rotatable bonds is 3. The van der Waals surface area contributed by atoms with E-state index in [0.717, 1.165) is 4.20 Å². The number of carboxylic acids is 1. The first kappa shape index (κ1) is 8.80. The molecule has 1 aromatic rings. The number of nitrogens with zero attached hydrogens (tertiary/aromatic N) is 2. The summed E-state index contributed by atoms with van der Waals surface area (Å²) in [6.07, 6.45) is 2.13. The summed E-state index contributed by atoms with van der Waals surface area (Å²) in [6.45, 7) is 3.50. The Morgan fingerprint density at radius 2 is 2.58 bits per heavy atom. The Labute approximate surface area is 74.2 Å². The van der Waals surface area contributed by atoms with Crippen LogP contribution < -0.4 is 0 Å². The molecule has 0 unspecified atom stereocenters. The lowest BCUT2D eigenvalue weighted by molar-refractivity contribution is 0.0690. The van der Waals surface area contributed by atoms with Crippen molar-refractivity contribution in [2.75, 3.05) is 0 Å². The van der Waals surface area contributed by atoms with Crippen molar-refractivity contribution < 1.29 is 9.90 Å². The van der Waals surface area contributed by atoms with Gasteiger partial charge in [-0.2, -0.15) is 4.20 Å². The first-order chi connectivity index (χ1) is 5.65. The van der Waals surface area contributed by atoms with Crippen molar-refractivity contribution in [1.29, 1.82) is 0 Å². The highest BCUT2D eigenvalue weighted by Crippen LogP contribution is 2.07. The van der Waals surface area contributed by atoms with Gasteiger partial charge in [-0.1, -0.05) is 6.08 Å². The number of aromatic nitrogens is 2. The SMILES string of the molecule is C=CCc1cc(C(=O)O)nn1Cl. The van der Waals surface area contributed by atoms with Crippen molar-refractivity contribution in [2.45, 2.75) is 6.42 Å². The molecule has 0 aliphatic carbocycles. The van der Waals surface area contributed by atoms with E-state index in [1.165, 1.54) is 6.07 Å². The van der Waals surface area contributed by atoms with Gasteiger partial charge < -0.3 is 5.11 Å². The van der Waals surface area contributed by atoms with Gasteiger partial charge in [0, 0.05) is 18.2 Å². The third-order valence-corrected chi connectivity index (χ3v) is 1.60. The average Bonchev–Trinajstić information content (AvgIpc) is 2.34. The molecule has 0 amide bonds. The van der Waals surface area contributed by atoms with E-state index in [-0.39, 0.29) is 5.69 Å². The van der Waals surface area contributed by atoms with Crippen molar-refractivity contribution in [3.8, 4) is 0 Å². The summed E-state index contributed by atoms with van der Waals surface area (Å²) in [7, 11) is 0. The lowest BCUT2D eigenvalue weighted by atomic mass is 10.3. The minimum Gasteiger partial charge on any atom is -0.476 e. The molecule has 5 heteroatoms. The number of allylic oxidation sites excluding steroid dienone is 1. The molecule has 64 valence electrons. The van der Waals surface area contributed by atoms with Gasteiger partial charge in [-0.15, -0.1) is 11.7 Å². The van der Waals surface area contributed by atoms with E-state index in [4.69, 9.17) is 16.9 Å². The molecule has 1 N–H and O–H groups in total. The maximum atomic E-state index is 10.4. The molecule has 0 aliphatic heterocycles. The van der Waals surface area contributed by atoms with Gasteiger partial charge in [0.25, 0.3) is 0 Å². The summed E-state index contributed by atoms with van der Waals surface area (Å²) in [4.78, 5) is 10.4. The van der Waals surface area contributed by atoms with Crippen LogP contribution in [0.5, 0.6) is 0 Å². The third-order valence-electron chi connectivity index (χ3n) is 1.31. The smallest absolute Gasteiger partial charge is 0.356 e. The van der Waals surface area contributed by atoms with Crippen LogP contribution in [-0.2, 0) is 6.42 Å².